The average Bonchev–Trinajstić information content (AvgIpc) is 3.27. The van der Waals surface area contributed by atoms with Crippen molar-refractivity contribution in [1.29, 1.82) is 0 Å². The van der Waals surface area contributed by atoms with E-state index >= 15 is 0 Å². The number of hydrogen-bond donors (Lipinski definition) is 3. The number of rotatable bonds is 5. The Morgan fingerprint density at radius 1 is 1.38 bits per heavy atom. The van der Waals surface area contributed by atoms with E-state index in [0.717, 1.165) is 12.4 Å². The van der Waals surface area contributed by atoms with E-state index in [9.17, 15) is 27.6 Å². The summed E-state index contributed by atoms with van der Waals surface area (Å²) >= 11 is 5.11. The van der Waals surface area contributed by atoms with Crippen molar-refractivity contribution in [2.45, 2.75) is 25.7 Å². The Bertz CT molecular complexity index is 1190. The summed E-state index contributed by atoms with van der Waals surface area (Å²) in [5, 5.41) is 2.49. The van der Waals surface area contributed by atoms with Crippen molar-refractivity contribution in [1.82, 2.24) is 34.6 Å². The number of aromatic amines is 2. The fourth-order valence-electron chi connectivity index (χ4n) is 2.42. The Labute approximate surface area is 163 Å². The molecular formula is C14H12F3N7O4S. The van der Waals surface area contributed by atoms with E-state index in [0.29, 0.717) is 4.73 Å². The maximum Gasteiger partial charge on any atom is 0.493 e. The number of alkyl halides is 3. The van der Waals surface area contributed by atoms with Gasteiger partial charge in [-0.25, -0.2) is 14.8 Å². The van der Waals surface area contributed by atoms with Crippen molar-refractivity contribution in [3.63, 3.8) is 0 Å². The second-order valence-electron chi connectivity index (χ2n) is 5.80. The van der Waals surface area contributed by atoms with Crippen LogP contribution in [-0.4, -0.2) is 53.3 Å². The molecular weight excluding hydrogens is 419 g/mol. The van der Waals surface area contributed by atoms with Crippen LogP contribution in [0.25, 0.3) is 11.2 Å². The van der Waals surface area contributed by atoms with Crippen LogP contribution in [-0.2, 0) is 11.3 Å². The summed E-state index contributed by atoms with van der Waals surface area (Å²) in [6, 6.07) is -0.622. The zero-order valence-corrected chi connectivity index (χ0v) is 15.3. The summed E-state index contributed by atoms with van der Waals surface area (Å²) in [6.45, 7) is 1.66. The highest BCUT2D eigenvalue weighted by molar-refractivity contribution is 7.71. The molecule has 3 rings (SSSR count). The zero-order chi connectivity index (χ0) is 21.3. The van der Waals surface area contributed by atoms with Gasteiger partial charge in [0.05, 0.1) is 12.5 Å². The number of imidazole rings is 2. The van der Waals surface area contributed by atoms with Crippen LogP contribution in [0.3, 0.4) is 0 Å². The molecule has 11 nitrogen and oxygen atoms in total. The molecule has 0 saturated heterocycles. The number of aromatic nitrogens is 6. The van der Waals surface area contributed by atoms with Gasteiger partial charge in [0.1, 0.15) is 5.52 Å². The van der Waals surface area contributed by atoms with Crippen LogP contribution in [0.1, 0.15) is 17.5 Å². The van der Waals surface area contributed by atoms with Crippen LogP contribution >= 0.6 is 12.2 Å². The van der Waals surface area contributed by atoms with Crippen molar-refractivity contribution >= 4 is 35.3 Å². The van der Waals surface area contributed by atoms with Crippen molar-refractivity contribution in [3.8, 4) is 0 Å². The SMILES string of the molecule is CC(Cn1c(=S)[nH]c(=O)c2[nH]cnc21)NC(=O)c1nccn1OC(=O)C(F)(F)F. The molecule has 3 heterocycles. The standard InChI is InChI=1S/C14H12F3N7O4S/c1-6(4-23-8-7(19-5-20-8)10(25)22-13(23)29)21-11(26)9-18-2-3-24(9)28-12(27)14(15,16)17/h2-3,5-6H,4H2,1H3,(H,19,20)(H,21,26)(H,22,25,29). The van der Waals surface area contributed by atoms with E-state index in [1.807, 2.05) is 0 Å². The minimum atomic E-state index is -5.24. The second-order valence-corrected chi connectivity index (χ2v) is 6.19. The molecule has 0 aromatic carbocycles. The molecule has 0 spiro atoms. The topological polar surface area (TPSA) is 140 Å². The third-order valence-electron chi connectivity index (χ3n) is 3.63. The highest BCUT2D eigenvalue weighted by Gasteiger charge is 2.42. The van der Waals surface area contributed by atoms with Gasteiger partial charge in [-0.2, -0.15) is 17.9 Å². The zero-order valence-electron chi connectivity index (χ0n) is 14.5. The number of fused-ring (bicyclic) bond motifs is 1. The minimum Gasteiger partial charge on any atom is -0.345 e. The average molecular weight is 431 g/mol. The van der Waals surface area contributed by atoms with Gasteiger partial charge in [0, 0.05) is 18.8 Å². The van der Waals surface area contributed by atoms with Crippen LogP contribution in [0, 0.1) is 4.77 Å². The number of H-pyrrole nitrogens is 2. The van der Waals surface area contributed by atoms with E-state index in [1.165, 1.54) is 10.9 Å². The van der Waals surface area contributed by atoms with Gasteiger partial charge in [0.15, 0.2) is 10.4 Å². The summed E-state index contributed by atoms with van der Waals surface area (Å²) in [6.07, 6.45) is -2.05. The van der Waals surface area contributed by atoms with Crippen molar-refractivity contribution in [3.05, 3.63) is 39.7 Å². The van der Waals surface area contributed by atoms with E-state index < -0.39 is 35.5 Å². The van der Waals surface area contributed by atoms with Gasteiger partial charge in [-0.3, -0.25) is 19.1 Å². The lowest BCUT2D eigenvalue weighted by Gasteiger charge is -2.16. The monoisotopic (exact) mass is 431 g/mol. The number of carbonyl (C=O) groups excluding carboxylic acids is 2. The summed E-state index contributed by atoms with van der Waals surface area (Å²) < 4.78 is 38.9. The van der Waals surface area contributed by atoms with Crippen molar-refractivity contribution in [2.75, 3.05) is 0 Å². The lowest BCUT2D eigenvalue weighted by molar-refractivity contribution is -0.200. The van der Waals surface area contributed by atoms with Gasteiger partial charge < -0.3 is 15.1 Å². The van der Waals surface area contributed by atoms with Crippen LogP contribution in [0.4, 0.5) is 13.2 Å². The Balaban J connectivity index is 1.76. The fraction of sp³-hybridized carbons (Fsp3) is 0.286. The van der Waals surface area contributed by atoms with E-state index in [4.69, 9.17) is 12.2 Å². The highest BCUT2D eigenvalue weighted by atomic mass is 32.1. The first-order valence-electron chi connectivity index (χ1n) is 7.88. The van der Waals surface area contributed by atoms with Gasteiger partial charge in [0.25, 0.3) is 11.5 Å². The van der Waals surface area contributed by atoms with Gasteiger partial charge in [-0.05, 0) is 19.1 Å². The maximum absolute atomic E-state index is 12.3. The van der Waals surface area contributed by atoms with Gasteiger partial charge in [-0.15, -0.1) is 0 Å². The molecule has 15 heteroatoms. The smallest absolute Gasteiger partial charge is 0.345 e. The number of amides is 1. The Morgan fingerprint density at radius 3 is 2.79 bits per heavy atom. The quantitative estimate of drug-likeness (QED) is 0.494. The molecule has 3 aromatic heterocycles. The number of nitrogens with zero attached hydrogens (tertiary/aromatic N) is 4. The largest absolute Gasteiger partial charge is 0.493 e. The molecule has 0 fully saturated rings. The molecule has 0 radical (unpaired) electrons. The molecule has 1 amide bonds. The first kappa shape index (κ1) is 20.2. The number of hydrogen-bond acceptors (Lipinski definition) is 7. The highest BCUT2D eigenvalue weighted by Crippen LogP contribution is 2.15. The molecule has 1 atom stereocenters. The normalized spacial score (nSPS) is 12.7. The number of carbonyl (C=O) groups is 2. The van der Waals surface area contributed by atoms with Crippen molar-refractivity contribution < 1.29 is 27.6 Å². The molecule has 0 aliphatic rings. The first-order chi connectivity index (χ1) is 13.6. The van der Waals surface area contributed by atoms with E-state index in [1.54, 1.807) is 6.92 Å². The summed E-state index contributed by atoms with van der Waals surface area (Å²) in [4.78, 5) is 51.9. The molecule has 3 aromatic rings. The molecule has 0 aliphatic heterocycles. The number of nitrogens with one attached hydrogen (secondary N) is 3. The molecule has 1 unspecified atom stereocenters. The van der Waals surface area contributed by atoms with E-state index in [-0.39, 0.29) is 22.5 Å². The maximum atomic E-state index is 12.3. The Morgan fingerprint density at radius 2 is 2.10 bits per heavy atom. The van der Waals surface area contributed by atoms with E-state index in [2.05, 4.69) is 30.1 Å². The summed E-state index contributed by atoms with van der Waals surface area (Å²) in [5.41, 5.74) is -0.00358. The summed E-state index contributed by atoms with van der Waals surface area (Å²) in [7, 11) is 0. The lowest BCUT2D eigenvalue weighted by Crippen LogP contribution is -2.40. The van der Waals surface area contributed by atoms with Crippen LogP contribution in [0.2, 0.25) is 0 Å². The second kappa shape index (κ2) is 7.50. The van der Waals surface area contributed by atoms with Gasteiger partial charge >= 0.3 is 12.1 Å². The molecule has 0 aliphatic carbocycles. The molecule has 0 bridgehead atoms. The Kier molecular flexibility index (Phi) is 5.23. The van der Waals surface area contributed by atoms with Crippen LogP contribution in [0.15, 0.2) is 23.5 Å². The van der Waals surface area contributed by atoms with Crippen LogP contribution < -0.4 is 15.7 Å². The molecule has 3 N–H and O–H groups in total. The minimum absolute atomic E-state index is 0.0660. The Hall–Kier alpha value is -3.49. The van der Waals surface area contributed by atoms with Crippen LogP contribution in [0.5, 0.6) is 0 Å². The third-order valence-corrected chi connectivity index (χ3v) is 3.95. The third kappa shape index (κ3) is 4.18. The molecule has 29 heavy (non-hydrogen) atoms. The summed E-state index contributed by atoms with van der Waals surface area (Å²) in [5.74, 6) is -3.96. The number of halogens is 3. The van der Waals surface area contributed by atoms with Crippen molar-refractivity contribution in [2.24, 2.45) is 0 Å². The molecule has 0 saturated carbocycles. The predicted molar refractivity (Wildman–Crippen MR) is 92.3 cm³/mol. The lowest BCUT2D eigenvalue weighted by atomic mass is 10.3. The predicted octanol–water partition coefficient (Wildman–Crippen LogP) is 0.315. The first-order valence-corrected chi connectivity index (χ1v) is 8.28. The molecule has 154 valence electrons. The fourth-order valence-corrected chi connectivity index (χ4v) is 2.68. The van der Waals surface area contributed by atoms with Gasteiger partial charge in [0.2, 0.25) is 5.82 Å². The van der Waals surface area contributed by atoms with Gasteiger partial charge in [-0.1, -0.05) is 0 Å².